The number of nitrogens with zero attached hydrogens (tertiary/aromatic N) is 2. The minimum absolute atomic E-state index is 0.265. The Labute approximate surface area is 127 Å². The molecule has 0 saturated carbocycles. The van der Waals surface area contributed by atoms with Crippen molar-refractivity contribution in [2.75, 3.05) is 5.75 Å². The Bertz CT molecular complexity index is 530. The van der Waals surface area contributed by atoms with E-state index in [0.717, 1.165) is 5.56 Å². The van der Waals surface area contributed by atoms with Crippen LogP contribution in [0.3, 0.4) is 0 Å². The van der Waals surface area contributed by atoms with Crippen LogP contribution in [0.5, 0.6) is 0 Å². The van der Waals surface area contributed by atoms with E-state index in [1.54, 1.807) is 45.3 Å². The number of aliphatic carboxylic acids is 1. The summed E-state index contributed by atoms with van der Waals surface area (Å²) in [6, 6.07) is 2.55. The molecule has 1 aliphatic rings. The number of carbonyl (C=O) groups is 2. The van der Waals surface area contributed by atoms with Crippen LogP contribution in [-0.2, 0) is 9.53 Å². The van der Waals surface area contributed by atoms with E-state index in [1.165, 1.54) is 16.7 Å². The maximum absolute atomic E-state index is 12.3. The molecule has 1 unspecified atom stereocenters. The van der Waals surface area contributed by atoms with Crippen molar-refractivity contribution in [3.8, 4) is 0 Å². The Morgan fingerprint density at radius 1 is 1.48 bits per heavy atom. The Morgan fingerprint density at radius 3 is 2.71 bits per heavy atom. The predicted octanol–water partition coefficient (Wildman–Crippen LogP) is 1.18. The number of aromatic nitrogens is 1. The zero-order valence-corrected chi connectivity index (χ0v) is 12.9. The van der Waals surface area contributed by atoms with Crippen molar-refractivity contribution in [3.05, 3.63) is 30.1 Å². The van der Waals surface area contributed by atoms with Gasteiger partial charge in [-0.1, -0.05) is 6.07 Å². The third-order valence-corrected chi connectivity index (χ3v) is 4.17. The van der Waals surface area contributed by atoms with Gasteiger partial charge in [0.15, 0.2) is 0 Å². The summed E-state index contributed by atoms with van der Waals surface area (Å²) in [7, 11) is 0. The van der Waals surface area contributed by atoms with Gasteiger partial charge in [-0.3, -0.25) is 9.88 Å². The molecule has 0 N–H and O–H groups in total. The number of thioether (sulfide) groups is 1. The average molecular weight is 309 g/mol. The number of hydrogen-bond donors (Lipinski definition) is 0. The summed E-state index contributed by atoms with van der Waals surface area (Å²) in [6.45, 7) is 5.21. The fourth-order valence-electron chi connectivity index (χ4n) is 2.00. The van der Waals surface area contributed by atoms with Gasteiger partial charge in [-0.15, -0.1) is 11.8 Å². The number of carboxylic acids is 1. The van der Waals surface area contributed by atoms with E-state index in [4.69, 9.17) is 4.74 Å². The van der Waals surface area contributed by atoms with Crippen molar-refractivity contribution in [3.63, 3.8) is 0 Å². The zero-order chi connectivity index (χ0) is 15.6. The number of rotatable bonds is 2. The second-order valence-corrected chi connectivity index (χ2v) is 6.81. The fraction of sp³-hybridized carbons (Fsp3) is 0.500. The van der Waals surface area contributed by atoms with E-state index < -0.39 is 29.1 Å². The van der Waals surface area contributed by atoms with E-state index >= 15 is 0 Å². The summed E-state index contributed by atoms with van der Waals surface area (Å²) in [5.41, 5.74) is 0.0671. The Hall–Kier alpha value is -1.76. The van der Waals surface area contributed by atoms with Crippen LogP contribution in [0.1, 0.15) is 31.7 Å². The molecule has 21 heavy (non-hydrogen) atoms. The molecule has 0 bridgehead atoms. The minimum atomic E-state index is -1.28. The van der Waals surface area contributed by atoms with Gasteiger partial charge in [0, 0.05) is 23.7 Å². The molecule has 114 valence electrons. The first kappa shape index (κ1) is 15.6. The van der Waals surface area contributed by atoms with Gasteiger partial charge in [0.1, 0.15) is 11.0 Å². The molecule has 1 aliphatic heterocycles. The highest BCUT2D eigenvalue weighted by molar-refractivity contribution is 7.99. The van der Waals surface area contributed by atoms with Crippen molar-refractivity contribution in [1.29, 1.82) is 0 Å². The normalized spacial score (nSPS) is 22.1. The molecule has 7 heteroatoms. The lowest BCUT2D eigenvalue weighted by Gasteiger charge is -2.32. The summed E-state index contributed by atoms with van der Waals surface area (Å²) < 4.78 is 5.32. The molecule has 1 aromatic rings. The number of hydrogen-bond acceptors (Lipinski definition) is 6. The molecule has 2 atom stereocenters. The monoisotopic (exact) mass is 309 g/mol. The van der Waals surface area contributed by atoms with Crippen molar-refractivity contribution in [2.45, 2.75) is 37.8 Å². The second-order valence-electron chi connectivity index (χ2n) is 5.69. The van der Waals surface area contributed by atoms with Crippen molar-refractivity contribution in [1.82, 2.24) is 9.88 Å². The minimum Gasteiger partial charge on any atom is -0.548 e. The van der Waals surface area contributed by atoms with E-state index in [-0.39, 0.29) is 5.75 Å². The molecule has 2 heterocycles. The largest absolute Gasteiger partial charge is 0.548 e. The summed E-state index contributed by atoms with van der Waals surface area (Å²) in [5, 5.41) is 10.8. The molecular weight excluding hydrogens is 292 g/mol. The maximum atomic E-state index is 12.3. The molecule has 1 saturated heterocycles. The van der Waals surface area contributed by atoms with Gasteiger partial charge >= 0.3 is 6.09 Å². The number of pyridine rings is 1. The van der Waals surface area contributed by atoms with E-state index in [0.29, 0.717) is 0 Å². The third kappa shape index (κ3) is 3.66. The zero-order valence-electron chi connectivity index (χ0n) is 12.1. The smallest absolute Gasteiger partial charge is 0.412 e. The van der Waals surface area contributed by atoms with Gasteiger partial charge in [-0.25, -0.2) is 4.79 Å². The van der Waals surface area contributed by atoms with Crippen LogP contribution in [0.4, 0.5) is 4.79 Å². The van der Waals surface area contributed by atoms with Gasteiger partial charge in [0.25, 0.3) is 0 Å². The molecule has 1 fully saturated rings. The number of ether oxygens (including phenoxy) is 1. The van der Waals surface area contributed by atoms with Crippen LogP contribution in [-0.4, -0.2) is 39.3 Å². The molecule has 1 aromatic heterocycles. The van der Waals surface area contributed by atoms with Crippen molar-refractivity contribution < 1.29 is 19.4 Å². The van der Waals surface area contributed by atoms with E-state index in [9.17, 15) is 14.7 Å². The first-order valence-corrected chi connectivity index (χ1v) is 7.58. The lowest BCUT2D eigenvalue weighted by molar-refractivity contribution is -0.310. The van der Waals surface area contributed by atoms with Crippen LogP contribution < -0.4 is 5.11 Å². The predicted molar refractivity (Wildman–Crippen MR) is 76.3 cm³/mol. The van der Waals surface area contributed by atoms with Crippen LogP contribution in [0.2, 0.25) is 0 Å². The molecule has 2 rings (SSSR count). The topological polar surface area (TPSA) is 82.6 Å². The Balaban J connectivity index is 2.29. The molecule has 0 aliphatic carbocycles. The summed E-state index contributed by atoms with van der Waals surface area (Å²) in [4.78, 5) is 28.8. The first-order valence-electron chi connectivity index (χ1n) is 6.53. The number of carbonyl (C=O) groups excluding carboxylic acids is 2. The van der Waals surface area contributed by atoms with Gasteiger partial charge in [-0.2, -0.15) is 0 Å². The van der Waals surface area contributed by atoms with Crippen LogP contribution in [0.25, 0.3) is 0 Å². The Kier molecular flexibility index (Phi) is 4.41. The summed E-state index contributed by atoms with van der Waals surface area (Å²) in [5.74, 6) is -1.01. The van der Waals surface area contributed by atoms with Crippen LogP contribution >= 0.6 is 11.8 Å². The quantitative estimate of drug-likeness (QED) is 0.816. The van der Waals surface area contributed by atoms with Crippen molar-refractivity contribution in [2.24, 2.45) is 0 Å². The highest BCUT2D eigenvalue weighted by Gasteiger charge is 2.41. The number of carboxylic acid groups (broad SMARTS) is 1. The van der Waals surface area contributed by atoms with Crippen LogP contribution in [0, 0.1) is 0 Å². The Morgan fingerprint density at radius 2 is 2.19 bits per heavy atom. The molecule has 1 amide bonds. The van der Waals surface area contributed by atoms with Gasteiger partial charge < -0.3 is 14.6 Å². The summed E-state index contributed by atoms with van der Waals surface area (Å²) in [6.07, 6.45) is 2.58. The van der Waals surface area contributed by atoms with Crippen molar-refractivity contribution >= 4 is 23.8 Å². The number of amides is 1. The van der Waals surface area contributed by atoms with Crippen LogP contribution in [0.15, 0.2) is 24.5 Å². The molecule has 0 spiro atoms. The second kappa shape index (κ2) is 5.93. The lowest BCUT2D eigenvalue weighted by atomic mass is 10.2. The molecule has 6 nitrogen and oxygen atoms in total. The maximum Gasteiger partial charge on any atom is 0.412 e. The van der Waals surface area contributed by atoms with E-state index in [1.807, 2.05) is 0 Å². The highest BCUT2D eigenvalue weighted by atomic mass is 32.2. The summed E-state index contributed by atoms with van der Waals surface area (Å²) >= 11 is 1.36. The fourth-order valence-corrected chi connectivity index (χ4v) is 3.39. The van der Waals surface area contributed by atoms with E-state index in [2.05, 4.69) is 4.98 Å². The first-order chi connectivity index (χ1) is 9.79. The van der Waals surface area contributed by atoms with Gasteiger partial charge in [0.05, 0.1) is 12.0 Å². The molecular formula is C14H17N2O4S-. The third-order valence-electron chi connectivity index (χ3n) is 2.85. The SMILES string of the molecule is CC(C)(C)OC(=O)N1C(c2cccnc2)SC[C@H]1C(=O)[O-]. The lowest BCUT2D eigenvalue weighted by Crippen LogP contribution is -2.50. The highest BCUT2D eigenvalue weighted by Crippen LogP contribution is 2.41. The standard InChI is InChI=1S/C14H18N2O4S/c1-14(2,3)20-13(19)16-10(12(17)18)8-21-11(16)9-5-4-6-15-7-9/h4-7,10-11H,8H2,1-3H3,(H,17,18)/p-1/t10-,11?/m0/s1. The molecule has 0 radical (unpaired) electrons. The van der Waals surface area contributed by atoms with Gasteiger partial charge in [-0.05, 0) is 26.8 Å². The molecule has 0 aromatic carbocycles. The average Bonchev–Trinajstić information content (AvgIpc) is 2.82. The van der Waals surface area contributed by atoms with Gasteiger partial charge in [0.2, 0.25) is 0 Å².